The van der Waals surface area contributed by atoms with Crippen LogP contribution in [0, 0.1) is 0 Å². The fourth-order valence-corrected chi connectivity index (χ4v) is 10.5. The third kappa shape index (κ3) is 5.60. The van der Waals surface area contributed by atoms with Gasteiger partial charge in [-0.1, -0.05) is 140 Å². The van der Waals surface area contributed by atoms with Gasteiger partial charge < -0.3 is 4.90 Å². The van der Waals surface area contributed by atoms with Crippen molar-refractivity contribution in [2.45, 2.75) is 0 Å². The number of benzene rings is 9. The molecule has 11 aromatic rings. The van der Waals surface area contributed by atoms with Crippen molar-refractivity contribution in [1.29, 1.82) is 0 Å². The predicted octanol–water partition coefficient (Wildman–Crippen LogP) is 16.0. The van der Waals surface area contributed by atoms with Gasteiger partial charge >= 0.3 is 0 Å². The van der Waals surface area contributed by atoms with Gasteiger partial charge in [-0.3, -0.25) is 0 Å². The Morgan fingerprint density at radius 3 is 1.60 bits per heavy atom. The molecule has 0 atom stereocenters. The van der Waals surface area contributed by atoms with E-state index in [1.54, 1.807) is 0 Å². The van der Waals surface area contributed by atoms with Crippen LogP contribution in [-0.2, 0) is 0 Å². The van der Waals surface area contributed by atoms with Crippen LogP contribution in [-0.4, -0.2) is 0 Å². The van der Waals surface area contributed by atoms with Gasteiger partial charge in [0, 0.05) is 57.4 Å². The second kappa shape index (κ2) is 13.1. The summed E-state index contributed by atoms with van der Waals surface area (Å²) in [4.78, 5) is 2.40. The molecule has 11 rings (SSSR count). The van der Waals surface area contributed by atoms with Gasteiger partial charge in [0.05, 0.1) is 0 Å². The summed E-state index contributed by atoms with van der Waals surface area (Å²) in [5.41, 5.74) is 10.6. The topological polar surface area (TPSA) is 3.24 Å². The average Bonchev–Trinajstić information content (AvgIpc) is 3.82. The molecule has 3 heteroatoms. The van der Waals surface area contributed by atoms with Gasteiger partial charge in [0.2, 0.25) is 0 Å². The Bertz CT molecular complexity index is 3220. The molecular formula is C52H33NS2. The van der Waals surface area contributed by atoms with Crippen molar-refractivity contribution >= 4 is 90.9 Å². The molecule has 0 aliphatic heterocycles. The Kier molecular flexibility index (Phi) is 7.61. The van der Waals surface area contributed by atoms with E-state index in [4.69, 9.17) is 0 Å². The second-order valence-corrected chi connectivity index (χ2v) is 16.3. The lowest BCUT2D eigenvalue weighted by molar-refractivity contribution is 1.28. The highest BCUT2D eigenvalue weighted by Crippen LogP contribution is 2.43. The van der Waals surface area contributed by atoms with E-state index in [-0.39, 0.29) is 0 Å². The summed E-state index contributed by atoms with van der Waals surface area (Å²) < 4.78 is 5.30. The van der Waals surface area contributed by atoms with Crippen LogP contribution in [0.25, 0.3) is 84.5 Å². The van der Waals surface area contributed by atoms with E-state index in [0.717, 1.165) is 17.1 Å². The minimum atomic E-state index is 1.11. The molecule has 0 saturated heterocycles. The highest BCUT2D eigenvalue weighted by Gasteiger charge is 2.17. The van der Waals surface area contributed by atoms with Crippen molar-refractivity contribution in [3.63, 3.8) is 0 Å². The van der Waals surface area contributed by atoms with Crippen LogP contribution in [0.15, 0.2) is 200 Å². The van der Waals surface area contributed by atoms with E-state index in [2.05, 4.69) is 205 Å². The Hall–Kier alpha value is -6.52. The number of anilines is 3. The molecule has 0 N–H and O–H groups in total. The lowest BCUT2D eigenvalue weighted by Crippen LogP contribution is -2.10. The minimum Gasteiger partial charge on any atom is -0.310 e. The first-order valence-electron chi connectivity index (χ1n) is 18.7. The van der Waals surface area contributed by atoms with Crippen LogP contribution in [0.4, 0.5) is 17.1 Å². The molecule has 2 heterocycles. The van der Waals surface area contributed by atoms with E-state index in [1.807, 2.05) is 22.7 Å². The number of fused-ring (bicyclic) bond motifs is 7. The normalized spacial score (nSPS) is 11.6. The number of nitrogens with zero attached hydrogens (tertiary/aromatic N) is 1. The summed E-state index contributed by atoms with van der Waals surface area (Å²) in [7, 11) is 0. The van der Waals surface area contributed by atoms with E-state index in [9.17, 15) is 0 Å². The maximum atomic E-state index is 2.40. The molecule has 0 unspecified atom stereocenters. The summed E-state index contributed by atoms with van der Waals surface area (Å²) in [5, 5.41) is 7.78. The number of rotatable bonds is 6. The van der Waals surface area contributed by atoms with Gasteiger partial charge in [-0.05, 0) is 105 Å². The molecule has 0 radical (unpaired) electrons. The van der Waals surface area contributed by atoms with Crippen molar-refractivity contribution < 1.29 is 0 Å². The van der Waals surface area contributed by atoms with Gasteiger partial charge in [0.15, 0.2) is 0 Å². The van der Waals surface area contributed by atoms with Gasteiger partial charge in [-0.2, -0.15) is 0 Å². The average molecular weight is 736 g/mol. The summed E-state index contributed by atoms with van der Waals surface area (Å²) in [6, 6.07) is 73.5. The standard InChI is InChI=1S/C52H33NS2/c1-2-11-36-30-39(23-22-34(36)10-1)37-12-7-14-42(31-37)53(41-27-24-35(25-28-41)44-18-9-19-48-46-17-4-6-21-50(46)55-52(44)48)43-15-8-13-38(32-43)40-26-29-47-45-16-3-5-20-49(45)54-51(47)33-40/h1-33H. The molecule has 258 valence electrons. The van der Waals surface area contributed by atoms with E-state index < -0.39 is 0 Å². The Labute approximate surface area is 327 Å². The minimum absolute atomic E-state index is 1.11. The summed E-state index contributed by atoms with van der Waals surface area (Å²) in [6.45, 7) is 0. The van der Waals surface area contributed by atoms with Crippen molar-refractivity contribution in [3.05, 3.63) is 200 Å². The molecule has 55 heavy (non-hydrogen) atoms. The van der Waals surface area contributed by atoms with E-state index in [1.165, 1.54) is 84.5 Å². The third-order valence-electron chi connectivity index (χ3n) is 10.8. The monoisotopic (exact) mass is 735 g/mol. The van der Waals surface area contributed by atoms with Gasteiger partial charge in [0.25, 0.3) is 0 Å². The van der Waals surface area contributed by atoms with Crippen molar-refractivity contribution in [2.24, 2.45) is 0 Å². The zero-order chi connectivity index (χ0) is 36.3. The molecule has 2 aromatic heterocycles. The maximum absolute atomic E-state index is 2.40. The lowest BCUT2D eigenvalue weighted by Gasteiger charge is -2.27. The Morgan fingerprint density at radius 1 is 0.291 bits per heavy atom. The first-order chi connectivity index (χ1) is 27.2. The summed E-state index contributed by atoms with van der Waals surface area (Å²) in [5.74, 6) is 0. The molecule has 0 aliphatic rings. The predicted molar refractivity (Wildman–Crippen MR) is 241 cm³/mol. The smallest absolute Gasteiger partial charge is 0.0467 e. The molecule has 0 spiro atoms. The number of hydrogen-bond donors (Lipinski definition) is 0. The number of thiophene rings is 2. The SMILES string of the molecule is c1cc(-c2ccc3ccccc3c2)cc(N(c2ccc(-c3cccc4c3sc3ccccc34)cc2)c2cccc(-c3ccc4c(c3)sc3ccccc34)c2)c1. The van der Waals surface area contributed by atoms with Crippen molar-refractivity contribution in [3.8, 4) is 33.4 Å². The first-order valence-corrected chi connectivity index (χ1v) is 20.3. The molecule has 1 nitrogen and oxygen atoms in total. The van der Waals surface area contributed by atoms with Gasteiger partial charge in [0.1, 0.15) is 0 Å². The quantitative estimate of drug-likeness (QED) is 0.164. The first kappa shape index (κ1) is 32.0. The molecule has 0 bridgehead atoms. The summed E-state index contributed by atoms with van der Waals surface area (Å²) in [6.07, 6.45) is 0. The van der Waals surface area contributed by atoms with Crippen molar-refractivity contribution in [1.82, 2.24) is 0 Å². The molecule has 9 aromatic carbocycles. The molecule has 0 saturated carbocycles. The molecule has 0 fully saturated rings. The maximum Gasteiger partial charge on any atom is 0.0467 e. The fourth-order valence-electron chi connectivity index (χ4n) is 8.14. The molecular weight excluding hydrogens is 703 g/mol. The summed E-state index contributed by atoms with van der Waals surface area (Å²) >= 11 is 3.74. The van der Waals surface area contributed by atoms with Crippen LogP contribution in [0.5, 0.6) is 0 Å². The van der Waals surface area contributed by atoms with Crippen LogP contribution >= 0.6 is 22.7 Å². The Morgan fingerprint density at radius 2 is 0.836 bits per heavy atom. The Balaban J connectivity index is 1.03. The zero-order valence-electron chi connectivity index (χ0n) is 29.8. The van der Waals surface area contributed by atoms with Crippen LogP contribution < -0.4 is 4.90 Å². The van der Waals surface area contributed by atoms with Gasteiger partial charge in [-0.25, -0.2) is 0 Å². The fraction of sp³-hybridized carbons (Fsp3) is 0. The van der Waals surface area contributed by atoms with Crippen molar-refractivity contribution in [2.75, 3.05) is 4.90 Å². The third-order valence-corrected chi connectivity index (χ3v) is 13.2. The van der Waals surface area contributed by atoms with E-state index >= 15 is 0 Å². The molecule has 0 amide bonds. The van der Waals surface area contributed by atoms with Gasteiger partial charge in [-0.15, -0.1) is 22.7 Å². The second-order valence-electron chi connectivity index (χ2n) is 14.1. The highest BCUT2D eigenvalue weighted by molar-refractivity contribution is 7.26. The van der Waals surface area contributed by atoms with Crippen LogP contribution in [0.1, 0.15) is 0 Å². The highest BCUT2D eigenvalue weighted by atomic mass is 32.1. The van der Waals surface area contributed by atoms with Crippen LogP contribution in [0.3, 0.4) is 0 Å². The van der Waals surface area contributed by atoms with Crippen LogP contribution in [0.2, 0.25) is 0 Å². The molecule has 0 aliphatic carbocycles. The number of hydrogen-bond acceptors (Lipinski definition) is 3. The van der Waals surface area contributed by atoms with E-state index in [0.29, 0.717) is 0 Å². The zero-order valence-corrected chi connectivity index (χ0v) is 31.4. The largest absolute Gasteiger partial charge is 0.310 e. The lowest BCUT2D eigenvalue weighted by atomic mass is 9.99.